The summed E-state index contributed by atoms with van der Waals surface area (Å²) in [5, 5.41) is 2.24. The topological polar surface area (TPSA) is 17.3 Å². The van der Waals surface area contributed by atoms with Gasteiger partial charge in [-0.1, -0.05) is 84.1 Å². The van der Waals surface area contributed by atoms with Gasteiger partial charge in [-0.05, 0) is 36.6 Å². The first kappa shape index (κ1) is 16.2. The molecule has 2 heterocycles. The van der Waals surface area contributed by atoms with Gasteiger partial charge in [0.15, 0.2) is 0 Å². The fraction of sp³-hybridized carbons (Fsp3) is 0.0417. The summed E-state index contributed by atoms with van der Waals surface area (Å²) in [6, 6.07) is 31.9. The van der Waals surface area contributed by atoms with Crippen molar-refractivity contribution in [2.45, 2.75) is 16.8 Å². The van der Waals surface area contributed by atoms with Crippen LogP contribution in [0.4, 0.5) is 0 Å². The lowest BCUT2D eigenvalue weighted by molar-refractivity contribution is 1.18. The molecule has 2 nitrogen and oxygen atoms in total. The van der Waals surface area contributed by atoms with Gasteiger partial charge in [-0.2, -0.15) is 0 Å². The summed E-state index contributed by atoms with van der Waals surface area (Å²) in [6.07, 6.45) is 0. The molecule has 5 aromatic rings. The van der Waals surface area contributed by atoms with Gasteiger partial charge in [-0.3, -0.25) is 4.40 Å². The first-order valence-corrected chi connectivity index (χ1v) is 9.81. The van der Waals surface area contributed by atoms with Crippen LogP contribution >= 0.6 is 11.8 Å². The smallest absolute Gasteiger partial charge is 0.146 e. The molecule has 0 unspecified atom stereocenters. The van der Waals surface area contributed by atoms with Crippen LogP contribution in [0.3, 0.4) is 0 Å². The highest BCUT2D eigenvalue weighted by Crippen LogP contribution is 2.35. The van der Waals surface area contributed by atoms with E-state index in [0.717, 1.165) is 21.9 Å². The number of hydrogen-bond acceptors (Lipinski definition) is 2. The Labute approximate surface area is 162 Å². The molecule has 2 aromatic heterocycles. The Balaban J connectivity index is 1.79. The van der Waals surface area contributed by atoms with E-state index in [2.05, 4.69) is 96.3 Å². The lowest BCUT2D eigenvalue weighted by atomic mass is 10.1. The second-order valence-electron chi connectivity index (χ2n) is 6.63. The van der Waals surface area contributed by atoms with Crippen LogP contribution in [0.25, 0.3) is 27.8 Å². The molecule has 5 rings (SSSR count). The van der Waals surface area contributed by atoms with Crippen LogP contribution < -0.4 is 0 Å². The van der Waals surface area contributed by atoms with Gasteiger partial charge >= 0.3 is 0 Å². The molecule has 0 aliphatic heterocycles. The number of imidazole rings is 1. The fourth-order valence-corrected chi connectivity index (χ4v) is 4.29. The van der Waals surface area contributed by atoms with Crippen LogP contribution in [0.15, 0.2) is 101 Å². The molecule has 0 amide bonds. The number of para-hydroxylation sites is 1. The van der Waals surface area contributed by atoms with Gasteiger partial charge in [0.25, 0.3) is 0 Å². The highest BCUT2D eigenvalue weighted by atomic mass is 32.2. The van der Waals surface area contributed by atoms with Crippen molar-refractivity contribution in [3.63, 3.8) is 0 Å². The maximum Gasteiger partial charge on any atom is 0.146 e. The van der Waals surface area contributed by atoms with Crippen LogP contribution in [-0.2, 0) is 0 Å². The van der Waals surface area contributed by atoms with Crippen molar-refractivity contribution in [1.82, 2.24) is 9.38 Å². The molecule has 0 N–H and O–H groups in total. The summed E-state index contributed by atoms with van der Waals surface area (Å²) >= 11 is 1.71. The first-order chi connectivity index (χ1) is 13.3. The summed E-state index contributed by atoms with van der Waals surface area (Å²) in [6.45, 7) is 2.11. The molecule has 0 aliphatic carbocycles. The van der Waals surface area contributed by atoms with Gasteiger partial charge in [0.1, 0.15) is 10.9 Å². The normalized spacial score (nSPS) is 11.3. The lowest BCUT2D eigenvalue weighted by Crippen LogP contribution is -1.92. The Morgan fingerprint density at radius 2 is 1.44 bits per heavy atom. The Morgan fingerprint density at radius 3 is 2.26 bits per heavy atom. The van der Waals surface area contributed by atoms with E-state index in [9.17, 15) is 0 Å². The number of rotatable bonds is 3. The minimum Gasteiger partial charge on any atom is -0.291 e. The molecular formula is C24H18N2S. The Morgan fingerprint density at radius 1 is 0.704 bits per heavy atom. The first-order valence-electron chi connectivity index (χ1n) is 9.00. The lowest BCUT2D eigenvalue weighted by Gasteiger charge is -2.06. The highest BCUT2D eigenvalue weighted by Gasteiger charge is 2.16. The van der Waals surface area contributed by atoms with Crippen LogP contribution in [0, 0.1) is 6.92 Å². The predicted octanol–water partition coefficient (Wildman–Crippen LogP) is 6.61. The molecule has 0 spiro atoms. The van der Waals surface area contributed by atoms with E-state index in [4.69, 9.17) is 4.98 Å². The summed E-state index contributed by atoms with van der Waals surface area (Å²) in [4.78, 5) is 6.26. The van der Waals surface area contributed by atoms with Crippen molar-refractivity contribution in [3.8, 4) is 11.4 Å². The van der Waals surface area contributed by atoms with Crippen molar-refractivity contribution < 1.29 is 0 Å². The number of aryl methyl sites for hydroxylation is 1. The number of benzene rings is 3. The van der Waals surface area contributed by atoms with E-state index in [1.54, 1.807) is 11.8 Å². The maximum atomic E-state index is 5.06. The van der Waals surface area contributed by atoms with E-state index >= 15 is 0 Å². The van der Waals surface area contributed by atoms with Crippen molar-refractivity contribution in [2.75, 3.05) is 0 Å². The van der Waals surface area contributed by atoms with Crippen LogP contribution in [0.5, 0.6) is 0 Å². The van der Waals surface area contributed by atoms with Gasteiger partial charge in [-0.25, -0.2) is 4.98 Å². The number of pyridine rings is 1. The largest absolute Gasteiger partial charge is 0.291 e. The highest BCUT2D eigenvalue weighted by molar-refractivity contribution is 7.99. The summed E-state index contributed by atoms with van der Waals surface area (Å²) in [5.41, 5.74) is 4.70. The van der Waals surface area contributed by atoms with Gasteiger partial charge in [0.05, 0.1) is 11.0 Å². The zero-order valence-electron chi connectivity index (χ0n) is 15.0. The van der Waals surface area contributed by atoms with Gasteiger partial charge in [0.2, 0.25) is 0 Å². The number of fused-ring (bicyclic) bond motifs is 3. The third-order valence-corrected chi connectivity index (χ3v) is 5.75. The monoisotopic (exact) mass is 366 g/mol. The standard InChI is InChI=1S/C24H18N2S/c1-17-11-13-19(14-12-17)23-25-24(27-20-8-3-2-4-9-20)22-16-15-18-7-5-6-10-21(18)26(22)23/h2-16H,1H3. The van der Waals surface area contributed by atoms with Gasteiger partial charge in [0, 0.05) is 10.5 Å². The fourth-order valence-electron chi connectivity index (χ4n) is 3.38. The molecule has 0 fully saturated rings. The third-order valence-electron chi connectivity index (χ3n) is 4.75. The van der Waals surface area contributed by atoms with E-state index in [-0.39, 0.29) is 0 Å². The Kier molecular flexibility index (Phi) is 3.95. The van der Waals surface area contributed by atoms with Crippen LogP contribution in [0.1, 0.15) is 5.56 Å². The summed E-state index contributed by atoms with van der Waals surface area (Å²) < 4.78 is 2.28. The van der Waals surface area contributed by atoms with Crippen molar-refractivity contribution in [3.05, 3.63) is 96.6 Å². The van der Waals surface area contributed by atoms with Gasteiger partial charge < -0.3 is 0 Å². The molecule has 0 bridgehead atoms. The van der Waals surface area contributed by atoms with Crippen LogP contribution in [-0.4, -0.2) is 9.38 Å². The second-order valence-corrected chi connectivity index (χ2v) is 7.70. The minimum atomic E-state index is 0.986. The average molecular weight is 366 g/mol. The Bertz CT molecular complexity index is 1240. The third kappa shape index (κ3) is 2.90. The second kappa shape index (κ2) is 6.60. The predicted molar refractivity (Wildman–Crippen MR) is 113 cm³/mol. The zero-order chi connectivity index (χ0) is 18.2. The molecule has 130 valence electrons. The molecule has 0 atom stereocenters. The molecule has 0 saturated heterocycles. The molecule has 0 saturated carbocycles. The Hall–Kier alpha value is -3.04. The summed E-state index contributed by atoms with van der Waals surface area (Å²) in [5.74, 6) is 0.986. The SMILES string of the molecule is Cc1ccc(-c2nc(Sc3ccccc3)c3ccc4ccccc4n23)cc1. The average Bonchev–Trinajstić information content (AvgIpc) is 3.08. The van der Waals surface area contributed by atoms with Crippen molar-refractivity contribution in [1.29, 1.82) is 0 Å². The summed E-state index contributed by atoms with van der Waals surface area (Å²) in [7, 11) is 0. The van der Waals surface area contributed by atoms with E-state index < -0.39 is 0 Å². The maximum absolute atomic E-state index is 5.06. The molecule has 3 aromatic carbocycles. The van der Waals surface area contributed by atoms with E-state index in [0.29, 0.717) is 0 Å². The number of aromatic nitrogens is 2. The number of hydrogen-bond donors (Lipinski definition) is 0. The quantitative estimate of drug-likeness (QED) is 0.357. The molecule has 3 heteroatoms. The molecule has 0 aliphatic rings. The van der Waals surface area contributed by atoms with E-state index in [1.807, 2.05) is 6.07 Å². The minimum absolute atomic E-state index is 0.986. The molecule has 0 radical (unpaired) electrons. The molecule has 27 heavy (non-hydrogen) atoms. The van der Waals surface area contributed by atoms with Crippen molar-refractivity contribution in [2.24, 2.45) is 0 Å². The zero-order valence-corrected chi connectivity index (χ0v) is 15.8. The van der Waals surface area contributed by atoms with Crippen molar-refractivity contribution >= 4 is 28.2 Å². The van der Waals surface area contributed by atoms with Gasteiger partial charge in [-0.15, -0.1) is 0 Å². The van der Waals surface area contributed by atoms with E-state index in [1.165, 1.54) is 21.4 Å². The molecular weight excluding hydrogens is 348 g/mol. The number of nitrogens with zero attached hydrogens (tertiary/aromatic N) is 2. The van der Waals surface area contributed by atoms with Crippen LogP contribution in [0.2, 0.25) is 0 Å².